The Bertz CT molecular complexity index is 759. The number of benzene rings is 2. The maximum absolute atomic E-state index is 12.1. The number of hydrogen-bond acceptors (Lipinski definition) is 4. The summed E-state index contributed by atoms with van der Waals surface area (Å²) in [5.41, 5.74) is 0.436. The SMILES string of the molecule is O=C1O[C@H](NC(=O)c2ccccc2)C(Cl)=C1Oc1ccccc1. The van der Waals surface area contributed by atoms with Crippen LogP contribution in [0.15, 0.2) is 71.5 Å². The van der Waals surface area contributed by atoms with E-state index < -0.39 is 18.1 Å². The van der Waals surface area contributed by atoms with Crippen molar-refractivity contribution in [1.29, 1.82) is 0 Å². The molecule has 1 N–H and O–H groups in total. The summed E-state index contributed by atoms with van der Waals surface area (Å²) < 4.78 is 10.5. The molecule has 0 fully saturated rings. The molecule has 5 nitrogen and oxygen atoms in total. The number of esters is 1. The van der Waals surface area contributed by atoms with Gasteiger partial charge in [0.2, 0.25) is 12.0 Å². The lowest BCUT2D eigenvalue weighted by Crippen LogP contribution is -2.35. The molecule has 1 aliphatic heterocycles. The molecule has 0 saturated carbocycles. The summed E-state index contributed by atoms with van der Waals surface area (Å²) in [5.74, 6) is -0.802. The van der Waals surface area contributed by atoms with Gasteiger partial charge in [-0.2, -0.15) is 0 Å². The third kappa shape index (κ3) is 3.35. The van der Waals surface area contributed by atoms with Crippen LogP contribution in [0.1, 0.15) is 10.4 Å². The third-order valence-electron chi connectivity index (χ3n) is 3.12. The molecule has 0 saturated heterocycles. The summed E-state index contributed by atoms with van der Waals surface area (Å²) in [4.78, 5) is 24.0. The maximum Gasteiger partial charge on any atom is 0.377 e. The van der Waals surface area contributed by atoms with Crippen molar-refractivity contribution in [2.75, 3.05) is 0 Å². The molecule has 1 aliphatic rings. The second-order valence-electron chi connectivity index (χ2n) is 4.72. The first-order valence-electron chi connectivity index (χ1n) is 6.84. The Labute approximate surface area is 137 Å². The maximum atomic E-state index is 12.1. The minimum atomic E-state index is -1.06. The predicted octanol–water partition coefficient (Wildman–Crippen LogP) is 2.83. The van der Waals surface area contributed by atoms with Crippen LogP contribution < -0.4 is 10.1 Å². The molecule has 6 heteroatoms. The molecule has 0 aromatic heterocycles. The molecule has 3 rings (SSSR count). The minimum absolute atomic E-state index is 0.00290. The summed E-state index contributed by atoms with van der Waals surface area (Å²) in [7, 11) is 0. The molecule has 23 heavy (non-hydrogen) atoms. The zero-order chi connectivity index (χ0) is 16.2. The molecule has 0 radical (unpaired) electrons. The molecule has 1 atom stereocenters. The van der Waals surface area contributed by atoms with Gasteiger partial charge in [-0.1, -0.05) is 48.0 Å². The summed E-state index contributed by atoms with van der Waals surface area (Å²) in [6, 6.07) is 17.3. The average Bonchev–Trinajstić information content (AvgIpc) is 2.84. The van der Waals surface area contributed by atoms with Gasteiger partial charge in [0.25, 0.3) is 5.91 Å². The first-order valence-corrected chi connectivity index (χ1v) is 7.22. The molecule has 0 unspecified atom stereocenters. The van der Waals surface area contributed by atoms with Gasteiger partial charge in [0.05, 0.1) is 0 Å². The molecule has 1 heterocycles. The predicted molar refractivity (Wildman–Crippen MR) is 83.7 cm³/mol. The summed E-state index contributed by atoms with van der Waals surface area (Å²) in [5, 5.41) is 2.54. The lowest BCUT2D eigenvalue weighted by molar-refractivity contribution is -0.142. The number of halogens is 1. The molecule has 0 spiro atoms. The highest BCUT2D eigenvalue weighted by Gasteiger charge is 2.36. The van der Waals surface area contributed by atoms with Crippen LogP contribution in [0, 0.1) is 0 Å². The molecule has 116 valence electrons. The number of rotatable bonds is 4. The average molecular weight is 330 g/mol. The second kappa shape index (κ2) is 6.54. The van der Waals surface area contributed by atoms with Gasteiger partial charge in [0.15, 0.2) is 0 Å². The van der Waals surface area contributed by atoms with E-state index in [1.165, 1.54) is 0 Å². The van der Waals surface area contributed by atoms with E-state index in [9.17, 15) is 9.59 Å². The van der Waals surface area contributed by atoms with Crippen LogP contribution in [0.4, 0.5) is 0 Å². The standard InChI is InChI=1S/C17H12ClNO4/c18-13-14(22-12-9-5-2-6-10-12)17(21)23-16(13)19-15(20)11-7-3-1-4-8-11/h1-10,16H,(H,19,20)/t16-/m0/s1. The lowest BCUT2D eigenvalue weighted by atomic mass is 10.2. The van der Waals surface area contributed by atoms with Gasteiger partial charge in [0, 0.05) is 5.56 Å². The van der Waals surface area contributed by atoms with E-state index >= 15 is 0 Å². The van der Waals surface area contributed by atoms with E-state index in [1.807, 2.05) is 6.07 Å². The van der Waals surface area contributed by atoms with E-state index in [1.54, 1.807) is 54.6 Å². The third-order valence-corrected chi connectivity index (χ3v) is 3.49. The molecule has 1 amide bonds. The quantitative estimate of drug-likeness (QED) is 0.876. The van der Waals surface area contributed by atoms with Crippen LogP contribution in [-0.2, 0) is 9.53 Å². The molecule has 0 bridgehead atoms. The Kier molecular flexibility index (Phi) is 4.30. The minimum Gasteiger partial charge on any atom is -0.448 e. The van der Waals surface area contributed by atoms with Crippen LogP contribution >= 0.6 is 11.6 Å². The number of para-hydroxylation sites is 1. The zero-order valence-corrected chi connectivity index (χ0v) is 12.6. The Morgan fingerprint density at radius 3 is 2.30 bits per heavy atom. The molecule has 2 aromatic rings. The van der Waals surface area contributed by atoms with E-state index in [0.717, 1.165) is 0 Å². The van der Waals surface area contributed by atoms with Crippen LogP contribution in [0.3, 0.4) is 0 Å². The van der Waals surface area contributed by atoms with E-state index in [-0.39, 0.29) is 10.8 Å². The van der Waals surface area contributed by atoms with Crippen molar-refractivity contribution in [3.05, 3.63) is 77.0 Å². The highest BCUT2D eigenvalue weighted by atomic mass is 35.5. The Hall–Kier alpha value is -2.79. The number of carbonyl (C=O) groups is 2. The van der Waals surface area contributed by atoms with Crippen molar-refractivity contribution in [1.82, 2.24) is 5.32 Å². The fourth-order valence-corrected chi connectivity index (χ4v) is 2.23. The summed E-state index contributed by atoms with van der Waals surface area (Å²) in [6.45, 7) is 0. The van der Waals surface area contributed by atoms with Gasteiger partial charge >= 0.3 is 5.97 Å². The summed E-state index contributed by atoms with van der Waals surface area (Å²) in [6.07, 6.45) is -1.06. The van der Waals surface area contributed by atoms with Crippen molar-refractivity contribution in [2.24, 2.45) is 0 Å². The number of carbonyl (C=O) groups excluding carboxylic acids is 2. The highest BCUT2D eigenvalue weighted by Crippen LogP contribution is 2.27. The van der Waals surface area contributed by atoms with E-state index in [0.29, 0.717) is 11.3 Å². The van der Waals surface area contributed by atoms with Gasteiger partial charge in [-0.25, -0.2) is 4.79 Å². The molecule has 0 aliphatic carbocycles. The zero-order valence-electron chi connectivity index (χ0n) is 11.9. The van der Waals surface area contributed by atoms with Crippen molar-refractivity contribution < 1.29 is 19.1 Å². The molecular formula is C17H12ClNO4. The van der Waals surface area contributed by atoms with Gasteiger partial charge < -0.3 is 14.8 Å². The summed E-state index contributed by atoms with van der Waals surface area (Å²) >= 11 is 6.11. The number of amides is 1. The van der Waals surface area contributed by atoms with E-state index in [2.05, 4.69) is 5.32 Å². The first-order chi connectivity index (χ1) is 11.1. The van der Waals surface area contributed by atoms with Crippen LogP contribution in [-0.4, -0.2) is 18.1 Å². The van der Waals surface area contributed by atoms with Crippen LogP contribution in [0.5, 0.6) is 5.75 Å². The van der Waals surface area contributed by atoms with Gasteiger partial charge in [0.1, 0.15) is 10.8 Å². The fraction of sp³-hybridized carbons (Fsp3) is 0.0588. The first kappa shape index (κ1) is 15.1. The van der Waals surface area contributed by atoms with Crippen molar-refractivity contribution in [3.8, 4) is 5.75 Å². The second-order valence-corrected chi connectivity index (χ2v) is 5.12. The topological polar surface area (TPSA) is 64.6 Å². The molecule has 2 aromatic carbocycles. The van der Waals surface area contributed by atoms with Crippen molar-refractivity contribution in [3.63, 3.8) is 0 Å². The highest BCUT2D eigenvalue weighted by molar-refractivity contribution is 6.33. The van der Waals surface area contributed by atoms with Crippen molar-refractivity contribution in [2.45, 2.75) is 6.23 Å². The largest absolute Gasteiger partial charge is 0.448 e. The van der Waals surface area contributed by atoms with E-state index in [4.69, 9.17) is 21.1 Å². The Morgan fingerprint density at radius 2 is 1.65 bits per heavy atom. The van der Waals surface area contributed by atoms with Crippen LogP contribution in [0.2, 0.25) is 0 Å². The Balaban J connectivity index is 1.75. The molecular weight excluding hydrogens is 318 g/mol. The number of hydrogen-bond donors (Lipinski definition) is 1. The fourth-order valence-electron chi connectivity index (χ4n) is 2.01. The number of nitrogens with one attached hydrogen (secondary N) is 1. The Morgan fingerprint density at radius 1 is 1.04 bits per heavy atom. The smallest absolute Gasteiger partial charge is 0.377 e. The van der Waals surface area contributed by atoms with Gasteiger partial charge in [-0.15, -0.1) is 0 Å². The van der Waals surface area contributed by atoms with Crippen molar-refractivity contribution >= 4 is 23.5 Å². The normalized spacial score (nSPS) is 16.9. The van der Waals surface area contributed by atoms with Gasteiger partial charge in [-0.05, 0) is 24.3 Å². The lowest BCUT2D eigenvalue weighted by Gasteiger charge is -2.11. The number of ether oxygens (including phenoxy) is 2. The van der Waals surface area contributed by atoms with Crippen LogP contribution in [0.25, 0.3) is 0 Å². The number of cyclic esters (lactones) is 1. The van der Waals surface area contributed by atoms with Gasteiger partial charge in [-0.3, -0.25) is 4.79 Å². The monoisotopic (exact) mass is 329 g/mol.